The SMILES string of the molecule is O=C(NCc1ccc(OCc2ccccn2)cc1)c1ccccn1. The monoisotopic (exact) mass is 319 g/mol. The van der Waals surface area contributed by atoms with Crippen LogP contribution in [0.1, 0.15) is 21.7 Å². The van der Waals surface area contributed by atoms with Gasteiger partial charge in [0, 0.05) is 18.9 Å². The van der Waals surface area contributed by atoms with E-state index in [1.165, 1.54) is 0 Å². The van der Waals surface area contributed by atoms with Crippen molar-refractivity contribution in [2.45, 2.75) is 13.2 Å². The van der Waals surface area contributed by atoms with E-state index in [0.717, 1.165) is 17.0 Å². The van der Waals surface area contributed by atoms with Crippen LogP contribution in [0, 0.1) is 0 Å². The number of hydrogen-bond acceptors (Lipinski definition) is 4. The smallest absolute Gasteiger partial charge is 0.270 e. The molecule has 2 heterocycles. The fraction of sp³-hybridized carbons (Fsp3) is 0.105. The van der Waals surface area contributed by atoms with E-state index >= 15 is 0 Å². The molecule has 5 heteroatoms. The lowest BCUT2D eigenvalue weighted by Gasteiger charge is -2.08. The van der Waals surface area contributed by atoms with Crippen LogP contribution < -0.4 is 10.1 Å². The number of carbonyl (C=O) groups is 1. The summed E-state index contributed by atoms with van der Waals surface area (Å²) >= 11 is 0. The highest BCUT2D eigenvalue weighted by Gasteiger charge is 2.05. The number of ether oxygens (including phenoxy) is 1. The van der Waals surface area contributed by atoms with Gasteiger partial charge in [-0.2, -0.15) is 0 Å². The van der Waals surface area contributed by atoms with E-state index in [9.17, 15) is 4.79 Å². The van der Waals surface area contributed by atoms with Gasteiger partial charge in [-0.05, 0) is 42.0 Å². The summed E-state index contributed by atoms with van der Waals surface area (Å²) in [5.74, 6) is 0.575. The van der Waals surface area contributed by atoms with Crippen LogP contribution in [0.4, 0.5) is 0 Å². The third-order valence-corrected chi connectivity index (χ3v) is 3.39. The molecule has 1 aromatic carbocycles. The molecule has 0 saturated carbocycles. The van der Waals surface area contributed by atoms with E-state index in [4.69, 9.17) is 4.74 Å². The lowest BCUT2D eigenvalue weighted by atomic mass is 10.2. The minimum absolute atomic E-state index is 0.189. The predicted molar refractivity (Wildman–Crippen MR) is 90.4 cm³/mol. The maximum absolute atomic E-state index is 11.9. The van der Waals surface area contributed by atoms with Gasteiger partial charge in [-0.25, -0.2) is 0 Å². The van der Waals surface area contributed by atoms with Crippen LogP contribution in [0.2, 0.25) is 0 Å². The zero-order valence-corrected chi connectivity index (χ0v) is 13.1. The molecule has 2 aromatic heterocycles. The number of rotatable bonds is 6. The van der Waals surface area contributed by atoms with Gasteiger partial charge >= 0.3 is 0 Å². The zero-order chi connectivity index (χ0) is 16.6. The molecule has 5 nitrogen and oxygen atoms in total. The molecule has 0 saturated heterocycles. The van der Waals surface area contributed by atoms with Gasteiger partial charge in [0.1, 0.15) is 18.1 Å². The molecule has 3 rings (SSSR count). The molecule has 0 aliphatic carbocycles. The predicted octanol–water partition coefficient (Wildman–Crippen LogP) is 2.99. The fourth-order valence-corrected chi connectivity index (χ4v) is 2.11. The van der Waals surface area contributed by atoms with Crippen molar-refractivity contribution >= 4 is 5.91 Å². The first-order chi connectivity index (χ1) is 11.8. The molecule has 1 amide bonds. The summed E-state index contributed by atoms with van der Waals surface area (Å²) in [7, 11) is 0. The Morgan fingerprint density at radius 3 is 2.33 bits per heavy atom. The minimum atomic E-state index is -0.189. The molecule has 0 radical (unpaired) electrons. The molecule has 0 unspecified atom stereocenters. The second-order valence-corrected chi connectivity index (χ2v) is 5.15. The van der Waals surface area contributed by atoms with Crippen molar-refractivity contribution < 1.29 is 9.53 Å². The summed E-state index contributed by atoms with van der Waals surface area (Å²) in [6.07, 6.45) is 3.34. The summed E-state index contributed by atoms with van der Waals surface area (Å²) in [6, 6.07) is 18.6. The van der Waals surface area contributed by atoms with E-state index in [0.29, 0.717) is 18.8 Å². The summed E-state index contributed by atoms with van der Waals surface area (Å²) in [5, 5.41) is 2.84. The van der Waals surface area contributed by atoms with Gasteiger partial charge in [0.25, 0.3) is 5.91 Å². The second kappa shape index (κ2) is 7.87. The fourth-order valence-electron chi connectivity index (χ4n) is 2.11. The number of carbonyl (C=O) groups excluding carboxylic acids is 1. The van der Waals surface area contributed by atoms with Crippen molar-refractivity contribution in [3.8, 4) is 5.75 Å². The molecule has 1 N–H and O–H groups in total. The summed E-state index contributed by atoms with van der Waals surface area (Å²) in [6.45, 7) is 0.868. The second-order valence-electron chi connectivity index (χ2n) is 5.15. The van der Waals surface area contributed by atoms with E-state index in [1.54, 1.807) is 30.6 Å². The molecular formula is C19H17N3O2. The van der Waals surface area contributed by atoms with E-state index in [2.05, 4.69) is 15.3 Å². The number of pyridine rings is 2. The minimum Gasteiger partial charge on any atom is -0.487 e. The molecule has 0 fully saturated rings. The largest absolute Gasteiger partial charge is 0.487 e. The molecule has 0 aliphatic heterocycles. The Morgan fingerprint density at radius 1 is 0.917 bits per heavy atom. The maximum atomic E-state index is 11.9. The first-order valence-corrected chi connectivity index (χ1v) is 7.62. The van der Waals surface area contributed by atoms with Crippen molar-refractivity contribution in [2.75, 3.05) is 0 Å². The summed E-state index contributed by atoms with van der Waals surface area (Å²) in [5.41, 5.74) is 2.28. The maximum Gasteiger partial charge on any atom is 0.270 e. The van der Waals surface area contributed by atoms with Gasteiger partial charge in [-0.15, -0.1) is 0 Å². The Hall–Kier alpha value is -3.21. The van der Waals surface area contributed by atoms with Gasteiger partial charge < -0.3 is 10.1 Å². The van der Waals surface area contributed by atoms with Gasteiger partial charge in [0.05, 0.1) is 5.69 Å². The highest BCUT2D eigenvalue weighted by molar-refractivity contribution is 5.92. The Morgan fingerprint density at radius 2 is 1.67 bits per heavy atom. The number of amides is 1. The third kappa shape index (κ3) is 4.39. The number of hydrogen-bond donors (Lipinski definition) is 1. The lowest BCUT2D eigenvalue weighted by molar-refractivity contribution is 0.0946. The molecule has 0 aliphatic rings. The van der Waals surface area contributed by atoms with Crippen LogP contribution in [-0.4, -0.2) is 15.9 Å². The number of nitrogens with one attached hydrogen (secondary N) is 1. The topological polar surface area (TPSA) is 64.1 Å². The van der Waals surface area contributed by atoms with Crippen LogP contribution in [0.25, 0.3) is 0 Å². The average Bonchev–Trinajstić information content (AvgIpc) is 2.67. The van der Waals surface area contributed by atoms with Crippen molar-refractivity contribution in [1.29, 1.82) is 0 Å². The van der Waals surface area contributed by atoms with Crippen molar-refractivity contribution in [2.24, 2.45) is 0 Å². The third-order valence-electron chi connectivity index (χ3n) is 3.39. The Labute approximate surface area is 140 Å². The first-order valence-electron chi connectivity index (χ1n) is 7.62. The van der Waals surface area contributed by atoms with E-state index < -0.39 is 0 Å². The zero-order valence-electron chi connectivity index (χ0n) is 13.1. The number of aromatic nitrogens is 2. The summed E-state index contributed by atoms with van der Waals surface area (Å²) in [4.78, 5) is 20.2. The van der Waals surface area contributed by atoms with Crippen molar-refractivity contribution in [3.05, 3.63) is 90.0 Å². The van der Waals surface area contributed by atoms with Crippen LogP contribution in [-0.2, 0) is 13.2 Å². The first kappa shape index (κ1) is 15.7. The van der Waals surface area contributed by atoms with Crippen molar-refractivity contribution in [3.63, 3.8) is 0 Å². The number of nitrogens with zero attached hydrogens (tertiary/aromatic N) is 2. The van der Waals surface area contributed by atoms with Crippen LogP contribution in [0.5, 0.6) is 5.75 Å². The molecule has 3 aromatic rings. The highest BCUT2D eigenvalue weighted by Crippen LogP contribution is 2.13. The normalized spacial score (nSPS) is 10.2. The molecule has 0 spiro atoms. The van der Waals surface area contributed by atoms with E-state index in [-0.39, 0.29) is 5.91 Å². The molecule has 0 bridgehead atoms. The van der Waals surface area contributed by atoms with Gasteiger partial charge in [0.15, 0.2) is 0 Å². The Balaban J connectivity index is 1.50. The quantitative estimate of drug-likeness (QED) is 0.758. The van der Waals surface area contributed by atoms with Crippen LogP contribution in [0.15, 0.2) is 73.1 Å². The molecular weight excluding hydrogens is 302 g/mol. The number of benzene rings is 1. The van der Waals surface area contributed by atoms with Crippen molar-refractivity contribution in [1.82, 2.24) is 15.3 Å². The molecule has 0 atom stereocenters. The molecule has 24 heavy (non-hydrogen) atoms. The van der Waals surface area contributed by atoms with Crippen LogP contribution >= 0.6 is 0 Å². The van der Waals surface area contributed by atoms with Crippen LogP contribution in [0.3, 0.4) is 0 Å². The van der Waals surface area contributed by atoms with E-state index in [1.807, 2.05) is 42.5 Å². The average molecular weight is 319 g/mol. The Bertz CT molecular complexity index is 775. The highest BCUT2D eigenvalue weighted by atomic mass is 16.5. The standard InChI is InChI=1S/C19H17N3O2/c23-19(18-6-2-4-12-21-18)22-13-15-7-9-17(10-8-15)24-14-16-5-1-3-11-20-16/h1-12H,13-14H2,(H,22,23). The molecule has 120 valence electrons. The van der Waals surface area contributed by atoms with Gasteiger partial charge in [-0.3, -0.25) is 14.8 Å². The summed E-state index contributed by atoms with van der Waals surface area (Å²) < 4.78 is 5.68. The van der Waals surface area contributed by atoms with Gasteiger partial charge in [-0.1, -0.05) is 24.3 Å². The Kier molecular flexibility index (Phi) is 5.14. The van der Waals surface area contributed by atoms with Gasteiger partial charge in [0.2, 0.25) is 0 Å². The lowest BCUT2D eigenvalue weighted by Crippen LogP contribution is -2.23.